The second-order valence-electron chi connectivity index (χ2n) is 8.31. The summed E-state index contributed by atoms with van der Waals surface area (Å²) in [5.41, 5.74) is -1.33. The number of ether oxygens (including phenoxy) is 4. The Hall–Kier alpha value is -4.59. The molecule has 2 aromatic heterocycles. The van der Waals surface area contributed by atoms with Crippen molar-refractivity contribution < 1.29 is 42.2 Å². The highest BCUT2D eigenvalue weighted by Crippen LogP contribution is 2.34. The van der Waals surface area contributed by atoms with Crippen LogP contribution in [0.3, 0.4) is 0 Å². The molecule has 0 amide bonds. The first-order valence-electron chi connectivity index (χ1n) is 11.2. The predicted molar refractivity (Wildman–Crippen MR) is 124 cm³/mol. The van der Waals surface area contributed by atoms with Crippen molar-refractivity contribution in [3.63, 3.8) is 0 Å². The monoisotopic (exact) mass is 531 g/mol. The molecule has 1 N–H and O–H groups in total. The average molecular weight is 531 g/mol. The molecule has 13 nitrogen and oxygen atoms in total. The molecule has 4 rings (SSSR count). The van der Waals surface area contributed by atoms with Gasteiger partial charge >= 0.3 is 23.6 Å². The quantitative estimate of drug-likeness (QED) is 0.345. The maximum atomic E-state index is 13.3. The zero-order valence-corrected chi connectivity index (χ0v) is 20.3. The van der Waals surface area contributed by atoms with E-state index in [1.165, 1.54) is 30.3 Å². The van der Waals surface area contributed by atoms with Crippen LogP contribution in [0.25, 0.3) is 22.6 Å². The number of hydrogen-bond acceptors (Lipinski definition) is 11. The maximum absolute atomic E-state index is 13.3. The normalized spacial score (nSPS) is 20.6. The molecule has 1 saturated heterocycles. The molecule has 4 atom stereocenters. The van der Waals surface area contributed by atoms with Gasteiger partial charge in [-0.2, -0.15) is 0 Å². The molecular weight excluding hydrogens is 509 g/mol. The van der Waals surface area contributed by atoms with Crippen molar-refractivity contribution in [2.75, 3.05) is 6.61 Å². The standard InChI is InChI=1S/C24H22FN3O10/c1-11(29)34-10-19-20(35-12(2)30)21(36-13(3)31)23(37-19)28-9-16(22(32)26-24(28)33)17-8-18(38-27-17)14-4-6-15(25)7-5-14/h4-9,19-21,23H,10H2,1-3H3,(H,26,32,33)/t19-,20-,21-,23-/m1/s1. The van der Waals surface area contributed by atoms with E-state index in [9.17, 15) is 28.4 Å². The van der Waals surface area contributed by atoms with Crippen LogP contribution < -0.4 is 11.2 Å². The number of aromatic amines is 1. The maximum Gasteiger partial charge on any atom is 0.330 e. The number of halogens is 1. The van der Waals surface area contributed by atoms with Crippen molar-refractivity contribution in [3.05, 3.63) is 63.2 Å². The second-order valence-corrected chi connectivity index (χ2v) is 8.31. The van der Waals surface area contributed by atoms with E-state index in [1.807, 2.05) is 0 Å². The summed E-state index contributed by atoms with van der Waals surface area (Å²) < 4.78 is 40.9. The molecule has 200 valence electrons. The van der Waals surface area contributed by atoms with Gasteiger partial charge in [0.05, 0.1) is 5.56 Å². The van der Waals surface area contributed by atoms with E-state index in [0.29, 0.717) is 5.56 Å². The minimum atomic E-state index is -1.39. The van der Waals surface area contributed by atoms with Gasteiger partial charge in [0.25, 0.3) is 5.56 Å². The van der Waals surface area contributed by atoms with Crippen LogP contribution in [0.2, 0.25) is 0 Å². The summed E-state index contributed by atoms with van der Waals surface area (Å²) in [6.07, 6.45) is -3.99. The molecule has 0 spiro atoms. The van der Waals surface area contributed by atoms with Crippen molar-refractivity contribution in [2.45, 2.75) is 45.3 Å². The average Bonchev–Trinajstić information content (AvgIpc) is 3.44. The Bertz CT molecular complexity index is 1480. The van der Waals surface area contributed by atoms with Crippen LogP contribution in [0, 0.1) is 5.82 Å². The highest BCUT2D eigenvalue weighted by Gasteiger charge is 2.51. The van der Waals surface area contributed by atoms with E-state index < -0.39 is 59.5 Å². The smallest absolute Gasteiger partial charge is 0.330 e. The van der Waals surface area contributed by atoms with Gasteiger partial charge in [-0.15, -0.1) is 0 Å². The lowest BCUT2D eigenvalue weighted by Gasteiger charge is -2.24. The van der Waals surface area contributed by atoms with E-state index in [1.54, 1.807) is 0 Å². The van der Waals surface area contributed by atoms with Crippen LogP contribution in [0.15, 0.2) is 50.6 Å². The zero-order valence-electron chi connectivity index (χ0n) is 20.3. The fourth-order valence-corrected chi connectivity index (χ4v) is 3.93. The van der Waals surface area contributed by atoms with Gasteiger partial charge in [0.2, 0.25) is 0 Å². The molecule has 0 aliphatic carbocycles. The lowest BCUT2D eigenvalue weighted by molar-refractivity contribution is -0.166. The van der Waals surface area contributed by atoms with Crippen LogP contribution in [-0.2, 0) is 33.3 Å². The van der Waals surface area contributed by atoms with Gasteiger partial charge in [-0.3, -0.25) is 28.7 Å². The van der Waals surface area contributed by atoms with E-state index in [2.05, 4.69) is 10.1 Å². The van der Waals surface area contributed by atoms with Gasteiger partial charge < -0.3 is 23.5 Å². The van der Waals surface area contributed by atoms with Crippen LogP contribution in [0.5, 0.6) is 0 Å². The molecule has 1 aromatic carbocycles. The summed E-state index contributed by atoms with van der Waals surface area (Å²) in [6, 6.07) is 6.78. The van der Waals surface area contributed by atoms with E-state index >= 15 is 0 Å². The molecule has 0 radical (unpaired) electrons. The van der Waals surface area contributed by atoms with E-state index in [0.717, 1.165) is 31.5 Å². The second kappa shape index (κ2) is 10.8. The molecular formula is C24H22FN3O10. The number of rotatable bonds is 7. The fourth-order valence-electron chi connectivity index (χ4n) is 3.93. The highest BCUT2D eigenvalue weighted by molar-refractivity contribution is 5.68. The first kappa shape index (κ1) is 26.5. The summed E-state index contributed by atoms with van der Waals surface area (Å²) in [5.74, 6) is -2.38. The number of nitrogens with one attached hydrogen (secondary N) is 1. The molecule has 3 heterocycles. The summed E-state index contributed by atoms with van der Waals surface area (Å²) in [4.78, 5) is 62.6. The van der Waals surface area contributed by atoms with E-state index in [-0.39, 0.29) is 23.6 Å². The van der Waals surface area contributed by atoms with Gasteiger partial charge in [0, 0.05) is 38.6 Å². The number of hydrogen-bond donors (Lipinski definition) is 1. The molecule has 1 fully saturated rings. The molecule has 14 heteroatoms. The molecule has 1 aliphatic heterocycles. The Kier molecular flexibility index (Phi) is 7.52. The van der Waals surface area contributed by atoms with Gasteiger partial charge in [-0.05, 0) is 24.3 Å². The Balaban J connectivity index is 1.74. The summed E-state index contributed by atoms with van der Waals surface area (Å²) in [7, 11) is 0. The number of H-pyrrole nitrogens is 1. The van der Waals surface area contributed by atoms with Crippen molar-refractivity contribution in [1.29, 1.82) is 0 Å². The minimum absolute atomic E-state index is 0.0364. The SMILES string of the molecule is CC(=O)OC[C@H]1O[C@@H](n2cc(-c3cc(-c4ccc(F)cc4)on3)c(=O)[nH]c2=O)[C@H](OC(C)=O)[C@@H]1OC(C)=O. The third kappa shape index (κ3) is 5.70. The molecule has 0 bridgehead atoms. The van der Waals surface area contributed by atoms with Gasteiger partial charge in [-0.25, -0.2) is 9.18 Å². The molecule has 0 unspecified atom stereocenters. The van der Waals surface area contributed by atoms with Crippen molar-refractivity contribution >= 4 is 17.9 Å². The Morgan fingerprint density at radius 2 is 1.68 bits per heavy atom. The largest absolute Gasteiger partial charge is 0.463 e. The van der Waals surface area contributed by atoms with Crippen molar-refractivity contribution in [2.24, 2.45) is 0 Å². The minimum Gasteiger partial charge on any atom is -0.463 e. The van der Waals surface area contributed by atoms with Crippen molar-refractivity contribution in [1.82, 2.24) is 14.7 Å². The van der Waals surface area contributed by atoms with Gasteiger partial charge in [0.15, 0.2) is 24.2 Å². The molecule has 3 aromatic rings. The Morgan fingerprint density at radius 3 is 2.32 bits per heavy atom. The summed E-state index contributed by atoms with van der Waals surface area (Å²) in [5, 5.41) is 3.87. The number of benzene rings is 1. The third-order valence-electron chi connectivity index (χ3n) is 5.50. The van der Waals surface area contributed by atoms with Gasteiger partial charge in [0.1, 0.15) is 24.2 Å². The number of carbonyl (C=O) groups is 3. The molecule has 38 heavy (non-hydrogen) atoms. The Morgan fingerprint density at radius 1 is 1.03 bits per heavy atom. The van der Waals surface area contributed by atoms with Crippen LogP contribution in [0.1, 0.15) is 27.0 Å². The fraction of sp³-hybridized carbons (Fsp3) is 0.333. The molecule has 1 aliphatic rings. The first-order valence-corrected chi connectivity index (χ1v) is 11.2. The number of nitrogens with zero attached hydrogens (tertiary/aromatic N) is 2. The summed E-state index contributed by atoms with van der Waals surface area (Å²) >= 11 is 0. The topological polar surface area (TPSA) is 169 Å². The number of aromatic nitrogens is 3. The lowest BCUT2D eigenvalue weighted by atomic mass is 10.1. The van der Waals surface area contributed by atoms with Gasteiger partial charge in [-0.1, -0.05) is 5.16 Å². The van der Waals surface area contributed by atoms with Crippen molar-refractivity contribution in [3.8, 4) is 22.6 Å². The molecule has 0 saturated carbocycles. The van der Waals surface area contributed by atoms with E-state index in [4.69, 9.17) is 23.5 Å². The van der Waals surface area contributed by atoms with Crippen LogP contribution in [0.4, 0.5) is 4.39 Å². The number of carbonyl (C=O) groups excluding carboxylic acids is 3. The predicted octanol–water partition coefficient (Wildman–Crippen LogP) is 1.32. The highest BCUT2D eigenvalue weighted by atomic mass is 19.1. The van der Waals surface area contributed by atoms with Crippen LogP contribution >= 0.6 is 0 Å². The number of esters is 3. The zero-order chi connectivity index (χ0) is 27.6. The lowest BCUT2D eigenvalue weighted by Crippen LogP contribution is -2.42. The first-order chi connectivity index (χ1) is 18.0. The summed E-state index contributed by atoms with van der Waals surface area (Å²) in [6.45, 7) is 3.01. The van der Waals surface area contributed by atoms with Crippen LogP contribution in [-0.4, -0.2) is 57.5 Å². The third-order valence-corrected chi connectivity index (χ3v) is 5.50. The Labute approximate surface area is 213 Å².